The van der Waals surface area contributed by atoms with E-state index in [0.29, 0.717) is 5.57 Å². The van der Waals surface area contributed by atoms with Gasteiger partial charge in [0.25, 0.3) is 0 Å². The fourth-order valence-electron chi connectivity index (χ4n) is 0.382. The molecule has 0 N–H and O–H groups in total. The van der Waals surface area contributed by atoms with Crippen molar-refractivity contribution in [3.8, 4) is 0 Å². The lowest BCUT2D eigenvalue weighted by Crippen LogP contribution is -1.68. The Morgan fingerprint density at radius 1 is 1.78 bits per heavy atom. The molecule has 0 aromatic heterocycles. The van der Waals surface area contributed by atoms with Crippen LogP contribution in [0.3, 0.4) is 0 Å². The van der Waals surface area contributed by atoms with Gasteiger partial charge in [-0.2, -0.15) is 0 Å². The number of rotatable bonds is 2. The Hall–Kier alpha value is -1.14. The summed E-state index contributed by atoms with van der Waals surface area (Å²) in [4.78, 5) is 9.62. The van der Waals surface area contributed by atoms with Crippen molar-refractivity contribution in [3.05, 3.63) is 30.1 Å². The third-order valence-corrected chi connectivity index (χ3v) is 0.671. The van der Waals surface area contributed by atoms with E-state index < -0.39 is 5.83 Å². The van der Waals surface area contributed by atoms with E-state index >= 15 is 0 Å². The van der Waals surface area contributed by atoms with Gasteiger partial charge in [0, 0.05) is 6.08 Å². The molecule has 0 aliphatic rings. The molecule has 0 bridgehead atoms. The standard InChI is InChI=1S/C7H7FO/c1-6(3-4-9)5-7(2)8/h3,5H,2H2,1H3/b6-5-. The lowest BCUT2D eigenvalue weighted by atomic mass is 10.3. The van der Waals surface area contributed by atoms with Crippen molar-refractivity contribution >= 4 is 5.94 Å². The Kier molecular flexibility index (Phi) is 3.33. The Balaban J connectivity index is 4.16. The van der Waals surface area contributed by atoms with Gasteiger partial charge in [-0.15, -0.1) is 0 Å². The van der Waals surface area contributed by atoms with Gasteiger partial charge in [-0.1, -0.05) is 6.58 Å². The largest absolute Gasteiger partial charge is 0.233 e. The Bertz CT molecular complexity index is 185. The maximum atomic E-state index is 11.9. The van der Waals surface area contributed by atoms with E-state index in [2.05, 4.69) is 6.58 Å². The number of halogens is 1. The summed E-state index contributed by atoms with van der Waals surface area (Å²) in [7, 11) is 0. The van der Waals surface area contributed by atoms with Crippen LogP contribution in [0.15, 0.2) is 30.1 Å². The van der Waals surface area contributed by atoms with Crippen LogP contribution in [0.1, 0.15) is 6.92 Å². The van der Waals surface area contributed by atoms with Crippen LogP contribution in [0, 0.1) is 0 Å². The second-order valence-electron chi connectivity index (χ2n) is 1.60. The molecule has 1 nitrogen and oxygen atoms in total. The Labute approximate surface area is 53.2 Å². The topological polar surface area (TPSA) is 17.1 Å². The second kappa shape index (κ2) is 3.81. The van der Waals surface area contributed by atoms with Crippen LogP contribution in [0.25, 0.3) is 0 Å². The van der Waals surface area contributed by atoms with Crippen molar-refractivity contribution in [1.29, 1.82) is 0 Å². The minimum atomic E-state index is -0.556. The minimum Gasteiger partial charge on any atom is -0.233 e. The Morgan fingerprint density at radius 2 is 2.33 bits per heavy atom. The van der Waals surface area contributed by atoms with Gasteiger partial charge in [-0.05, 0) is 18.6 Å². The van der Waals surface area contributed by atoms with E-state index in [0.717, 1.165) is 12.2 Å². The molecule has 0 atom stereocenters. The first-order valence-electron chi connectivity index (χ1n) is 2.40. The molecule has 0 spiro atoms. The van der Waals surface area contributed by atoms with Crippen molar-refractivity contribution in [1.82, 2.24) is 0 Å². The van der Waals surface area contributed by atoms with Gasteiger partial charge < -0.3 is 0 Å². The normalized spacial score (nSPS) is 10.2. The first-order chi connectivity index (χ1) is 4.16. The van der Waals surface area contributed by atoms with Crippen LogP contribution in [0.5, 0.6) is 0 Å². The third-order valence-electron chi connectivity index (χ3n) is 0.671. The van der Waals surface area contributed by atoms with E-state index in [1.165, 1.54) is 5.94 Å². The van der Waals surface area contributed by atoms with E-state index in [9.17, 15) is 9.18 Å². The number of carbonyl (C=O) groups excluding carboxylic acids is 1. The highest BCUT2D eigenvalue weighted by Crippen LogP contribution is 1.99. The molecule has 0 saturated heterocycles. The van der Waals surface area contributed by atoms with Crippen molar-refractivity contribution in [3.63, 3.8) is 0 Å². The van der Waals surface area contributed by atoms with Gasteiger partial charge in [0.2, 0.25) is 0 Å². The zero-order chi connectivity index (χ0) is 7.28. The molecule has 0 radical (unpaired) electrons. The van der Waals surface area contributed by atoms with E-state index in [-0.39, 0.29) is 0 Å². The van der Waals surface area contributed by atoms with Crippen molar-refractivity contribution in [2.45, 2.75) is 6.92 Å². The molecule has 0 aliphatic carbocycles. The molecule has 0 rings (SSSR count). The number of allylic oxidation sites excluding steroid dienone is 4. The first-order valence-corrected chi connectivity index (χ1v) is 2.40. The maximum Gasteiger partial charge on any atom is 0.124 e. The van der Waals surface area contributed by atoms with E-state index in [1.807, 2.05) is 0 Å². The van der Waals surface area contributed by atoms with E-state index in [1.54, 1.807) is 6.92 Å². The highest BCUT2D eigenvalue weighted by atomic mass is 19.1. The lowest BCUT2D eigenvalue weighted by molar-refractivity contribution is 0.569. The van der Waals surface area contributed by atoms with Crippen LogP contribution in [-0.2, 0) is 4.79 Å². The minimum absolute atomic E-state index is 0.512. The highest BCUT2D eigenvalue weighted by molar-refractivity contribution is 5.52. The molecule has 9 heavy (non-hydrogen) atoms. The molecule has 2 heteroatoms. The summed E-state index contributed by atoms with van der Waals surface area (Å²) in [5, 5.41) is 0. The smallest absolute Gasteiger partial charge is 0.124 e. The molecule has 0 aromatic carbocycles. The van der Waals surface area contributed by atoms with Crippen molar-refractivity contribution < 1.29 is 9.18 Å². The summed E-state index contributed by atoms with van der Waals surface area (Å²) < 4.78 is 11.9. The van der Waals surface area contributed by atoms with Crippen LogP contribution in [0.2, 0.25) is 0 Å². The zero-order valence-electron chi connectivity index (χ0n) is 5.15. The molecular weight excluding hydrogens is 119 g/mol. The van der Waals surface area contributed by atoms with Crippen LogP contribution >= 0.6 is 0 Å². The van der Waals surface area contributed by atoms with Gasteiger partial charge in [0.05, 0.1) is 0 Å². The molecular formula is C7H7FO. The fraction of sp³-hybridized carbons (Fsp3) is 0.143. The molecule has 0 saturated carbocycles. The lowest BCUT2D eigenvalue weighted by Gasteiger charge is -1.83. The van der Waals surface area contributed by atoms with Gasteiger partial charge in [-0.25, -0.2) is 9.18 Å². The molecule has 0 fully saturated rings. The van der Waals surface area contributed by atoms with Gasteiger partial charge in [0.1, 0.15) is 11.8 Å². The fourth-order valence-corrected chi connectivity index (χ4v) is 0.382. The molecule has 0 amide bonds. The molecule has 0 aromatic rings. The number of hydrogen-bond donors (Lipinski definition) is 0. The number of hydrogen-bond acceptors (Lipinski definition) is 1. The molecule has 48 valence electrons. The predicted octanol–water partition coefficient (Wildman–Crippen LogP) is 1.80. The summed E-state index contributed by atoms with van der Waals surface area (Å²) >= 11 is 0. The molecule has 0 heterocycles. The predicted molar refractivity (Wildman–Crippen MR) is 34.3 cm³/mol. The molecule has 0 aliphatic heterocycles. The second-order valence-corrected chi connectivity index (χ2v) is 1.60. The van der Waals surface area contributed by atoms with Crippen LogP contribution in [-0.4, -0.2) is 5.94 Å². The summed E-state index contributed by atoms with van der Waals surface area (Å²) in [6.45, 7) is 4.58. The van der Waals surface area contributed by atoms with Crippen molar-refractivity contribution in [2.24, 2.45) is 0 Å². The average molecular weight is 126 g/mol. The monoisotopic (exact) mass is 126 g/mol. The van der Waals surface area contributed by atoms with Crippen LogP contribution < -0.4 is 0 Å². The van der Waals surface area contributed by atoms with Crippen molar-refractivity contribution in [2.75, 3.05) is 0 Å². The zero-order valence-corrected chi connectivity index (χ0v) is 5.15. The highest BCUT2D eigenvalue weighted by Gasteiger charge is 1.83. The van der Waals surface area contributed by atoms with Crippen LogP contribution in [0.4, 0.5) is 4.39 Å². The Morgan fingerprint density at radius 3 is 2.67 bits per heavy atom. The summed E-state index contributed by atoms with van der Waals surface area (Å²) in [6.07, 6.45) is 2.30. The SMILES string of the molecule is C=C(F)/C=C(/C)C=C=O. The summed E-state index contributed by atoms with van der Waals surface area (Å²) in [5.74, 6) is 0.965. The summed E-state index contributed by atoms with van der Waals surface area (Å²) in [5.41, 5.74) is 0.512. The van der Waals surface area contributed by atoms with Gasteiger partial charge in [-0.3, -0.25) is 0 Å². The quantitative estimate of drug-likeness (QED) is 0.407. The van der Waals surface area contributed by atoms with Gasteiger partial charge in [0.15, 0.2) is 0 Å². The summed E-state index contributed by atoms with van der Waals surface area (Å²) in [6, 6.07) is 0. The first kappa shape index (κ1) is 7.86. The maximum absolute atomic E-state index is 11.9. The van der Waals surface area contributed by atoms with Gasteiger partial charge >= 0.3 is 0 Å². The molecule has 0 unspecified atom stereocenters. The average Bonchev–Trinajstić information content (AvgIpc) is 1.63. The third kappa shape index (κ3) is 4.72. The van der Waals surface area contributed by atoms with E-state index in [4.69, 9.17) is 0 Å².